The van der Waals surface area contributed by atoms with Crippen molar-refractivity contribution in [3.05, 3.63) is 0 Å². The van der Waals surface area contributed by atoms with Crippen LogP contribution in [0.3, 0.4) is 0 Å². The van der Waals surface area contributed by atoms with Crippen molar-refractivity contribution in [1.82, 2.24) is 0 Å². The molecule has 0 aliphatic carbocycles. The molecule has 0 saturated carbocycles. The summed E-state index contributed by atoms with van der Waals surface area (Å²) >= 11 is 0. The van der Waals surface area contributed by atoms with E-state index in [1.807, 2.05) is 0 Å². The zero-order valence-electron chi connectivity index (χ0n) is 4.50. The van der Waals surface area contributed by atoms with E-state index >= 15 is 0 Å². The molecule has 0 aliphatic rings. The molecule has 0 heterocycles. The van der Waals surface area contributed by atoms with Gasteiger partial charge in [-0.15, -0.1) is 9.24 Å². The summed E-state index contributed by atoms with van der Waals surface area (Å²) in [6, 6.07) is -0.688. The van der Waals surface area contributed by atoms with Crippen molar-refractivity contribution in [2.75, 3.05) is 6.16 Å². The van der Waals surface area contributed by atoms with Gasteiger partial charge in [-0.1, -0.05) is 0 Å². The Kier molecular flexibility index (Phi) is 3.75. The second-order valence-electron chi connectivity index (χ2n) is 1.52. The Morgan fingerprint density at radius 3 is 2.50 bits per heavy atom. The van der Waals surface area contributed by atoms with Crippen LogP contribution in [0.15, 0.2) is 0 Å². The molecule has 0 fully saturated rings. The van der Waals surface area contributed by atoms with Gasteiger partial charge in [-0.05, 0) is 12.6 Å². The molecule has 4 heteroatoms. The predicted octanol–water partition coefficient (Wildman–Crippen LogP) is -0.337. The van der Waals surface area contributed by atoms with Crippen molar-refractivity contribution in [3.8, 4) is 0 Å². The van der Waals surface area contributed by atoms with Gasteiger partial charge in [0.1, 0.15) is 6.04 Å². The van der Waals surface area contributed by atoms with Crippen molar-refractivity contribution in [2.24, 2.45) is 5.73 Å². The molecular formula is C4H10NO2P. The van der Waals surface area contributed by atoms with E-state index < -0.39 is 12.0 Å². The first-order chi connectivity index (χ1) is 3.68. The summed E-state index contributed by atoms with van der Waals surface area (Å²) in [6.45, 7) is 0. The number of aliphatic carboxylic acids is 1. The van der Waals surface area contributed by atoms with Gasteiger partial charge < -0.3 is 10.8 Å². The molecule has 48 valence electrons. The summed E-state index contributed by atoms with van der Waals surface area (Å²) in [6.07, 6.45) is 1.27. The first-order valence-corrected chi connectivity index (χ1v) is 3.18. The molecular weight excluding hydrogens is 125 g/mol. The Labute approximate surface area is 50.5 Å². The number of nitrogens with two attached hydrogens (primary N) is 1. The third-order valence-electron chi connectivity index (χ3n) is 0.795. The van der Waals surface area contributed by atoms with Gasteiger partial charge in [0.2, 0.25) is 0 Å². The molecule has 8 heavy (non-hydrogen) atoms. The summed E-state index contributed by atoms with van der Waals surface area (Å²) in [7, 11) is 2.43. The van der Waals surface area contributed by atoms with Crippen molar-refractivity contribution >= 4 is 15.2 Å². The normalized spacial score (nSPS) is 13.2. The quantitative estimate of drug-likeness (QED) is 0.520. The summed E-state index contributed by atoms with van der Waals surface area (Å²) in [4.78, 5) is 9.95. The molecule has 0 radical (unpaired) electrons. The molecule has 0 aromatic heterocycles. The Hall–Kier alpha value is -0.140. The molecule has 0 rings (SSSR count). The zero-order chi connectivity index (χ0) is 6.57. The first kappa shape index (κ1) is 7.86. The molecule has 1 unspecified atom stereocenters. The van der Waals surface area contributed by atoms with Crippen molar-refractivity contribution in [2.45, 2.75) is 12.5 Å². The maximum Gasteiger partial charge on any atom is 0.320 e. The Balaban J connectivity index is 3.32. The van der Waals surface area contributed by atoms with E-state index in [9.17, 15) is 4.79 Å². The molecule has 0 aliphatic heterocycles. The highest BCUT2D eigenvalue weighted by Crippen LogP contribution is 1.91. The van der Waals surface area contributed by atoms with Crippen molar-refractivity contribution in [3.63, 3.8) is 0 Å². The second kappa shape index (κ2) is 3.81. The fourth-order valence-corrected chi connectivity index (χ4v) is 0.662. The monoisotopic (exact) mass is 135 g/mol. The third-order valence-corrected chi connectivity index (χ3v) is 1.13. The lowest BCUT2D eigenvalue weighted by Crippen LogP contribution is -2.30. The maximum atomic E-state index is 9.95. The van der Waals surface area contributed by atoms with Gasteiger partial charge in [-0.25, -0.2) is 0 Å². The van der Waals surface area contributed by atoms with Crippen LogP contribution >= 0.6 is 9.24 Å². The van der Waals surface area contributed by atoms with Crippen LogP contribution in [0, 0.1) is 0 Å². The van der Waals surface area contributed by atoms with Gasteiger partial charge in [0, 0.05) is 0 Å². The summed E-state index contributed by atoms with van der Waals surface area (Å²) in [5.74, 6) is -0.924. The van der Waals surface area contributed by atoms with Gasteiger partial charge in [0.15, 0.2) is 0 Å². The van der Waals surface area contributed by atoms with Crippen molar-refractivity contribution in [1.29, 1.82) is 0 Å². The smallest absolute Gasteiger partial charge is 0.320 e. The van der Waals surface area contributed by atoms with Crippen LogP contribution in [0.4, 0.5) is 0 Å². The molecule has 3 nitrogen and oxygen atoms in total. The molecule has 3 N–H and O–H groups in total. The highest BCUT2D eigenvalue weighted by Gasteiger charge is 2.07. The van der Waals surface area contributed by atoms with Gasteiger partial charge in [0.05, 0.1) is 0 Å². The van der Waals surface area contributed by atoms with Gasteiger partial charge >= 0.3 is 5.97 Å². The molecule has 0 spiro atoms. The fourth-order valence-electron chi connectivity index (χ4n) is 0.303. The predicted molar refractivity (Wildman–Crippen MR) is 34.8 cm³/mol. The van der Waals surface area contributed by atoms with E-state index in [-0.39, 0.29) is 0 Å². The van der Waals surface area contributed by atoms with Crippen LogP contribution in [0.5, 0.6) is 0 Å². The van der Waals surface area contributed by atoms with Crippen molar-refractivity contribution < 1.29 is 9.90 Å². The maximum absolute atomic E-state index is 9.95. The van der Waals surface area contributed by atoms with Crippen LogP contribution in [0.2, 0.25) is 0 Å². The first-order valence-electron chi connectivity index (χ1n) is 2.37. The lowest BCUT2D eigenvalue weighted by atomic mass is 10.2. The lowest BCUT2D eigenvalue weighted by Gasteiger charge is -2.00. The summed E-state index contributed by atoms with van der Waals surface area (Å²) in [5.41, 5.74) is 5.11. The minimum atomic E-state index is -0.924. The van der Waals surface area contributed by atoms with E-state index in [1.165, 1.54) is 0 Å². The minimum absolute atomic E-state index is 0.528. The molecule has 2 atom stereocenters. The number of carboxylic acids is 1. The number of carboxylic acid groups (broad SMARTS) is 1. The number of hydrogen-bond acceptors (Lipinski definition) is 2. The highest BCUT2D eigenvalue weighted by molar-refractivity contribution is 7.16. The molecule has 0 aromatic rings. The number of rotatable bonds is 3. The van der Waals surface area contributed by atoms with Crippen LogP contribution in [0.25, 0.3) is 0 Å². The average Bonchev–Trinajstić information content (AvgIpc) is 1.67. The van der Waals surface area contributed by atoms with E-state index in [0.29, 0.717) is 6.42 Å². The number of hydrogen-bond donors (Lipinski definition) is 2. The lowest BCUT2D eigenvalue weighted by molar-refractivity contribution is -0.138. The topological polar surface area (TPSA) is 63.3 Å². The van der Waals surface area contributed by atoms with Gasteiger partial charge in [-0.2, -0.15) is 0 Å². The molecule has 0 saturated heterocycles. The molecule has 0 amide bonds. The summed E-state index contributed by atoms with van der Waals surface area (Å²) in [5, 5.41) is 8.18. The largest absolute Gasteiger partial charge is 0.480 e. The van der Waals surface area contributed by atoms with E-state index in [1.54, 1.807) is 0 Å². The van der Waals surface area contributed by atoms with Gasteiger partial charge in [-0.3, -0.25) is 4.79 Å². The van der Waals surface area contributed by atoms with E-state index in [2.05, 4.69) is 9.24 Å². The minimum Gasteiger partial charge on any atom is -0.480 e. The van der Waals surface area contributed by atoms with Crippen LogP contribution < -0.4 is 5.73 Å². The second-order valence-corrected chi connectivity index (χ2v) is 2.10. The van der Waals surface area contributed by atoms with Crippen LogP contribution in [-0.4, -0.2) is 23.3 Å². The summed E-state index contributed by atoms with van der Waals surface area (Å²) < 4.78 is 0. The standard InChI is InChI=1S/C4H10NO2P/c5-3(1-2-8)4(6)7/h3H,1-2,5,8H2,(H,6,7)/t3-/m0/s1. The van der Waals surface area contributed by atoms with E-state index in [0.717, 1.165) is 6.16 Å². The fraction of sp³-hybridized carbons (Fsp3) is 0.750. The molecule has 0 aromatic carbocycles. The van der Waals surface area contributed by atoms with Crippen LogP contribution in [0.1, 0.15) is 6.42 Å². The van der Waals surface area contributed by atoms with Crippen LogP contribution in [-0.2, 0) is 4.79 Å². The Morgan fingerprint density at radius 2 is 2.38 bits per heavy atom. The van der Waals surface area contributed by atoms with Gasteiger partial charge in [0.25, 0.3) is 0 Å². The molecule has 0 bridgehead atoms. The Morgan fingerprint density at radius 1 is 1.88 bits per heavy atom. The average molecular weight is 135 g/mol. The Bertz CT molecular complexity index is 86.1. The number of carbonyl (C=O) groups is 1. The van der Waals surface area contributed by atoms with E-state index in [4.69, 9.17) is 10.8 Å². The third kappa shape index (κ3) is 2.94. The SMILES string of the molecule is N[C@@H](CCP)C(=O)O. The zero-order valence-corrected chi connectivity index (χ0v) is 5.66. The highest BCUT2D eigenvalue weighted by atomic mass is 31.0.